The molecule has 0 saturated heterocycles. The van der Waals surface area contributed by atoms with E-state index in [4.69, 9.17) is 23.2 Å². The van der Waals surface area contributed by atoms with Crippen molar-refractivity contribution in [2.45, 2.75) is 0 Å². The molecule has 0 atom stereocenters. The molecule has 1 N–H and O–H groups in total. The Morgan fingerprint density at radius 1 is 1.38 bits per heavy atom. The second kappa shape index (κ2) is 3.33. The zero-order valence-electron chi connectivity index (χ0n) is 6.77. The summed E-state index contributed by atoms with van der Waals surface area (Å²) in [4.78, 5) is 4.29. The maximum absolute atomic E-state index is 5.99. The molecule has 13 heavy (non-hydrogen) atoms. The van der Waals surface area contributed by atoms with Crippen LogP contribution >= 0.6 is 34.5 Å². The molecule has 0 unspecified atom stereocenters. The Morgan fingerprint density at radius 2 is 2.15 bits per heavy atom. The fraction of sp³-hybridized carbons (Fsp3) is 0.125. The van der Waals surface area contributed by atoms with Crippen molar-refractivity contribution in [1.82, 2.24) is 4.98 Å². The minimum Gasteiger partial charge on any atom is -0.365 e. The maximum atomic E-state index is 5.99. The predicted molar refractivity (Wildman–Crippen MR) is 59.2 cm³/mol. The van der Waals surface area contributed by atoms with Gasteiger partial charge in [-0.25, -0.2) is 4.98 Å². The number of nitrogens with zero attached hydrogens (tertiary/aromatic N) is 1. The summed E-state index contributed by atoms with van der Waals surface area (Å²) in [6.07, 6.45) is 0. The Kier molecular flexibility index (Phi) is 2.32. The van der Waals surface area contributed by atoms with Gasteiger partial charge in [0, 0.05) is 12.1 Å². The highest BCUT2D eigenvalue weighted by molar-refractivity contribution is 7.22. The first-order chi connectivity index (χ1) is 6.20. The zero-order chi connectivity index (χ0) is 9.42. The summed E-state index contributed by atoms with van der Waals surface area (Å²) in [5, 5.41) is 5.09. The SMILES string of the molecule is CNc1nc2cc(Cl)cc(Cl)c2s1. The molecular formula is C8H6Cl2N2S. The van der Waals surface area contributed by atoms with Crippen molar-refractivity contribution >= 4 is 49.9 Å². The van der Waals surface area contributed by atoms with Crippen LogP contribution in [0.4, 0.5) is 5.13 Å². The molecule has 2 aromatic rings. The highest BCUT2D eigenvalue weighted by atomic mass is 35.5. The summed E-state index contributed by atoms with van der Waals surface area (Å²) in [5.74, 6) is 0. The van der Waals surface area contributed by atoms with Crippen LogP contribution in [0.3, 0.4) is 0 Å². The number of rotatable bonds is 1. The molecule has 0 spiro atoms. The van der Waals surface area contributed by atoms with Gasteiger partial charge < -0.3 is 5.32 Å². The molecular weight excluding hydrogens is 227 g/mol. The van der Waals surface area contributed by atoms with Gasteiger partial charge in [-0.1, -0.05) is 34.5 Å². The van der Waals surface area contributed by atoms with Crippen molar-refractivity contribution in [3.63, 3.8) is 0 Å². The van der Waals surface area contributed by atoms with Crippen LogP contribution in [-0.4, -0.2) is 12.0 Å². The maximum Gasteiger partial charge on any atom is 0.183 e. The van der Waals surface area contributed by atoms with Gasteiger partial charge in [0.15, 0.2) is 5.13 Å². The number of nitrogens with one attached hydrogen (secondary N) is 1. The normalized spacial score (nSPS) is 10.7. The van der Waals surface area contributed by atoms with E-state index in [1.165, 1.54) is 11.3 Å². The van der Waals surface area contributed by atoms with Gasteiger partial charge in [-0.2, -0.15) is 0 Å². The molecule has 0 radical (unpaired) electrons. The van der Waals surface area contributed by atoms with E-state index >= 15 is 0 Å². The van der Waals surface area contributed by atoms with Crippen LogP contribution in [0.15, 0.2) is 12.1 Å². The number of aromatic nitrogens is 1. The number of anilines is 1. The molecule has 2 rings (SSSR count). The Morgan fingerprint density at radius 3 is 2.85 bits per heavy atom. The number of hydrogen-bond donors (Lipinski definition) is 1. The fourth-order valence-electron chi connectivity index (χ4n) is 1.07. The van der Waals surface area contributed by atoms with Crippen LogP contribution in [0.1, 0.15) is 0 Å². The van der Waals surface area contributed by atoms with Crippen LogP contribution in [0.2, 0.25) is 10.0 Å². The van der Waals surface area contributed by atoms with Crippen LogP contribution in [0, 0.1) is 0 Å². The van der Waals surface area contributed by atoms with Gasteiger partial charge in [0.2, 0.25) is 0 Å². The largest absolute Gasteiger partial charge is 0.365 e. The molecule has 68 valence electrons. The van der Waals surface area contributed by atoms with Gasteiger partial charge in [0.25, 0.3) is 0 Å². The average molecular weight is 233 g/mol. The minimum absolute atomic E-state index is 0.616. The molecule has 1 aromatic heterocycles. The topological polar surface area (TPSA) is 24.9 Å². The van der Waals surface area contributed by atoms with Gasteiger partial charge >= 0.3 is 0 Å². The van der Waals surface area contributed by atoms with Crippen molar-refractivity contribution in [2.75, 3.05) is 12.4 Å². The predicted octanol–water partition coefficient (Wildman–Crippen LogP) is 3.64. The van der Waals surface area contributed by atoms with Crippen molar-refractivity contribution < 1.29 is 0 Å². The Balaban J connectivity index is 2.75. The van der Waals surface area contributed by atoms with Gasteiger partial charge in [-0.3, -0.25) is 0 Å². The van der Waals surface area contributed by atoms with Crippen LogP contribution < -0.4 is 5.32 Å². The van der Waals surface area contributed by atoms with E-state index in [0.717, 1.165) is 15.3 Å². The number of hydrogen-bond acceptors (Lipinski definition) is 3. The van der Waals surface area contributed by atoms with E-state index in [2.05, 4.69) is 10.3 Å². The second-order valence-corrected chi connectivity index (χ2v) is 4.35. The molecule has 0 aliphatic heterocycles. The van der Waals surface area contributed by atoms with Crippen molar-refractivity contribution in [2.24, 2.45) is 0 Å². The lowest BCUT2D eigenvalue weighted by atomic mass is 10.3. The Labute approximate surface area is 89.5 Å². The van der Waals surface area contributed by atoms with E-state index in [1.807, 2.05) is 7.05 Å². The van der Waals surface area contributed by atoms with E-state index in [9.17, 15) is 0 Å². The van der Waals surface area contributed by atoms with E-state index in [-0.39, 0.29) is 0 Å². The third-order valence-electron chi connectivity index (χ3n) is 1.62. The van der Waals surface area contributed by atoms with Crippen LogP contribution in [0.25, 0.3) is 10.2 Å². The summed E-state index contributed by atoms with van der Waals surface area (Å²) in [5.41, 5.74) is 0.840. The monoisotopic (exact) mass is 232 g/mol. The third kappa shape index (κ3) is 1.59. The quantitative estimate of drug-likeness (QED) is 0.813. The molecule has 0 aliphatic rings. The molecule has 1 aromatic carbocycles. The van der Waals surface area contributed by atoms with Crippen molar-refractivity contribution in [3.8, 4) is 0 Å². The standard InChI is InChI=1S/C8H6Cl2N2S/c1-11-8-12-6-3-4(9)2-5(10)7(6)13-8/h2-3H,1H3,(H,11,12). The molecule has 2 nitrogen and oxygen atoms in total. The highest BCUT2D eigenvalue weighted by Crippen LogP contribution is 2.34. The first kappa shape index (κ1) is 9.06. The van der Waals surface area contributed by atoms with Crippen molar-refractivity contribution in [1.29, 1.82) is 0 Å². The van der Waals surface area contributed by atoms with Crippen molar-refractivity contribution in [3.05, 3.63) is 22.2 Å². The average Bonchev–Trinajstić information content (AvgIpc) is 2.47. The zero-order valence-corrected chi connectivity index (χ0v) is 9.09. The second-order valence-electron chi connectivity index (χ2n) is 2.50. The summed E-state index contributed by atoms with van der Waals surface area (Å²) in [6, 6.07) is 3.53. The molecule has 0 fully saturated rings. The van der Waals surface area contributed by atoms with E-state index in [1.54, 1.807) is 12.1 Å². The van der Waals surface area contributed by atoms with Gasteiger partial charge in [-0.05, 0) is 12.1 Å². The third-order valence-corrected chi connectivity index (χ3v) is 3.37. The minimum atomic E-state index is 0.616. The Bertz CT molecular complexity index is 453. The van der Waals surface area contributed by atoms with Crippen LogP contribution in [0.5, 0.6) is 0 Å². The summed E-state index contributed by atoms with van der Waals surface area (Å²) in [7, 11) is 1.83. The molecule has 0 aliphatic carbocycles. The van der Waals surface area contributed by atoms with Gasteiger partial charge in [0.1, 0.15) is 0 Å². The van der Waals surface area contributed by atoms with Crippen LogP contribution in [-0.2, 0) is 0 Å². The highest BCUT2D eigenvalue weighted by Gasteiger charge is 2.06. The molecule has 0 amide bonds. The van der Waals surface area contributed by atoms with Gasteiger partial charge in [-0.15, -0.1) is 0 Å². The summed E-state index contributed by atoms with van der Waals surface area (Å²) >= 11 is 13.3. The lowest BCUT2D eigenvalue weighted by Gasteiger charge is -1.92. The smallest absolute Gasteiger partial charge is 0.183 e. The lowest BCUT2D eigenvalue weighted by molar-refractivity contribution is 1.41. The fourth-order valence-corrected chi connectivity index (χ4v) is 2.47. The molecule has 1 heterocycles. The van der Waals surface area contributed by atoms with Gasteiger partial charge in [0.05, 0.1) is 15.2 Å². The number of benzene rings is 1. The first-order valence-corrected chi connectivity index (χ1v) is 5.21. The molecule has 0 saturated carbocycles. The number of thiazole rings is 1. The molecule has 0 bridgehead atoms. The number of fused-ring (bicyclic) bond motifs is 1. The number of halogens is 2. The molecule has 5 heteroatoms. The lowest BCUT2D eigenvalue weighted by Crippen LogP contribution is -1.83. The van der Waals surface area contributed by atoms with E-state index in [0.29, 0.717) is 10.0 Å². The first-order valence-electron chi connectivity index (χ1n) is 3.64. The Hall–Kier alpha value is -0.510. The summed E-state index contributed by atoms with van der Waals surface area (Å²) < 4.78 is 0.968. The summed E-state index contributed by atoms with van der Waals surface area (Å²) in [6.45, 7) is 0. The van der Waals surface area contributed by atoms with E-state index < -0.39 is 0 Å².